The smallest absolute Gasteiger partial charge is 0.311 e. The number of amides is 1. The van der Waals surface area contributed by atoms with Crippen molar-refractivity contribution in [2.45, 2.75) is 6.42 Å². The zero-order valence-electron chi connectivity index (χ0n) is 10.4. The molecule has 0 bridgehead atoms. The average molecular weight is 280 g/mol. The number of aromatic nitrogens is 3. The van der Waals surface area contributed by atoms with Crippen molar-refractivity contribution >= 4 is 28.3 Å². The Hall–Kier alpha value is -2.22. The Labute approximate surface area is 113 Å². The van der Waals surface area contributed by atoms with E-state index in [0.717, 1.165) is 0 Å². The lowest BCUT2D eigenvalue weighted by molar-refractivity contribution is -0.139. The van der Waals surface area contributed by atoms with Crippen molar-refractivity contribution < 1.29 is 14.3 Å². The molecule has 8 heteroatoms. The first-order chi connectivity index (χ1) is 9.08. The zero-order valence-corrected chi connectivity index (χ0v) is 11.2. The molecule has 1 amide bonds. The number of carbonyl (C=O) groups excluding carboxylic acids is 2. The number of nitrogens with zero attached hydrogens (tertiary/aromatic N) is 3. The van der Waals surface area contributed by atoms with Crippen LogP contribution in [-0.4, -0.2) is 33.8 Å². The number of esters is 1. The first kappa shape index (κ1) is 13.2. The largest absolute Gasteiger partial charge is 0.469 e. The number of aryl methyl sites for hydroxylation is 1. The maximum atomic E-state index is 11.8. The molecule has 2 heterocycles. The summed E-state index contributed by atoms with van der Waals surface area (Å²) in [5.74, 6) is -0.650. The number of methoxy groups -OCH3 is 1. The Bertz CT molecular complexity index is 605. The van der Waals surface area contributed by atoms with Crippen LogP contribution in [-0.2, 0) is 23.0 Å². The highest BCUT2D eigenvalue weighted by Crippen LogP contribution is 2.17. The second-order valence-corrected chi connectivity index (χ2v) is 4.61. The van der Waals surface area contributed by atoms with Gasteiger partial charge in [0.25, 0.3) is 5.91 Å². The molecule has 0 unspecified atom stereocenters. The number of thiazole rings is 1. The summed E-state index contributed by atoms with van der Waals surface area (Å²) >= 11 is 1.25. The average Bonchev–Trinajstić information content (AvgIpc) is 2.98. The third kappa shape index (κ3) is 3.38. The molecular weight excluding hydrogens is 268 g/mol. The fourth-order valence-electron chi connectivity index (χ4n) is 1.37. The molecule has 7 nitrogen and oxygen atoms in total. The van der Waals surface area contributed by atoms with E-state index in [0.29, 0.717) is 16.4 Å². The van der Waals surface area contributed by atoms with Crippen molar-refractivity contribution in [3.05, 3.63) is 29.0 Å². The molecule has 0 atom stereocenters. The summed E-state index contributed by atoms with van der Waals surface area (Å²) in [6.07, 6.45) is 3.17. The molecular formula is C11H12N4O3S. The summed E-state index contributed by atoms with van der Waals surface area (Å²) in [7, 11) is 3.05. The van der Waals surface area contributed by atoms with Gasteiger partial charge in [0.1, 0.15) is 0 Å². The Morgan fingerprint density at radius 1 is 1.53 bits per heavy atom. The van der Waals surface area contributed by atoms with Gasteiger partial charge in [-0.05, 0) is 0 Å². The zero-order chi connectivity index (χ0) is 13.8. The number of carbonyl (C=O) groups is 2. The summed E-state index contributed by atoms with van der Waals surface area (Å²) in [6, 6.07) is 0. The summed E-state index contributed by atoms with van der Waals surface area (Å²) in [5.41, 5.74) is 1.02. The molecule has 0 aliphatic carbocycles. The lowest BCUT2D eigenvalue weighted by atomic mass is 10.3. The van der Waals surface area contributed by atoms with E-state index >= 15 is 0 Å². The van der Waals surface area contributed by atoms with Crippen molar-refractivity contribution in [1.29, 1.82) is 0 Å². The molecule has 0 saturated carbocycles. The lowest BCUT2D eigenvalue weighted by Crippen LogP contribution is -2.11. The van der Waals surface area contributed by atoms with Gasteiger partial charge in [-0.15, -0.1) is 11.3 Å². The van der Waals surface area contributed by atoms with Crippen LogP contribution in [0.5, 0.6) is 0 Å². The molecule has 0 aliphatic rings. The van der Waals surface area contributed by atoms with Crippen LogP contribution < -0.4 is 5.32 Å². The molecule has 0 fully saturated rings. The predicted octanol–water partition coefficient (Wildman–Crippen LogP) is 0.844. The van der Waals surface area contributed by atoms with Crippen molar-refractivity contribution in [3.8, 4) is 0 Å². The van der Waals surface area contributed by atoms with Crippen LogP contribution in [0, 0.1) is 0 Å². The second kappa shape index (κ2) is 5.61. The van der Waals surface area contributed by atoms with E-state index in [-0.39, 0.29) is 18.3 Å². The van der Waals surface area contributed by atoms with Gasteiger partial charge in [0.05, 0.1) is 31.0 Å². The number of rotatable bonds is 4. The monoisotopic (exact) mass is 280 g/mol. The predicted molar refractivity (Wildman–Crippen MR) is 69.0 cm³/mol. The number of anilines is 1. The Balaban J connectivity index is 2.00. The van der Waals surface area contributed by atoms with Gasteiger partial charge >= 0.3 is 5.97 Å². The molecule has 0 radical (unpaired) electrons. The van der Waals surface area contributed by atoms with E-state index in [9.17, 15) is 9.59 Å². The quantitative estimate of drug-likeness (QED) is 0.839. The van der Waals surface area contributed by atoms with Crippen molar-refractivity contribution in [2.24, 2.45) is 7.05 Å². The number of ether oxygens (including phenoxy) is 1. The fraction of sp³-hybridized carbons (Fsp3) is 0.273. The van der Waals surface area contributed by atoms with Crippen LogP contribution >= 0.6 is 11.3 Å². The highest BCUT2D eigenvalue weighted by atomic mass is 32.1. The molecule has 2 aromatic rings. The van der Waals surface area contributed by atoms with Crippen LogP contribution in [0.4, 0.5) is 5.13 Å². The summed E-state index contributed by atoms with van der Waals surface area (Å²) in [4.78, 5) is 27.0. The van der Waals surface area contributed by atoms with E-state index in [2.05, 4.69) is 20.1 Å². The van der Waals surface area contributed by atoms with Gasteiger partial charge in [-0.3, -0.25) is 19.6 Å². The van der Waals surface area contributed by atoms with E-state index in [1.165, 1.54) is 24.6 Å². The molecule has 19 heavy (non-hydrogen) atoms. The maximum absolute atomic E-state index is 11.8. The number of nitrogens with one attached hydrogen (secondary N) is 1. The van der Waals surface area contributed by atoms with E-state index < -0.39 is 0 Å². The number of hydrogen-bond acceptors (Lipinski definition) is 6. The Morgan fingerprint density at radius 2 is 2.32 bits per heavy atom. The van der Waals surface area contributed by atoms with Crippen molar-refractivity contribution in [3.63, 3.8) is 0 Å². The molecule has 0 spiro atoms. The molecule has 2 aromatic heterocycles. The molecule has 1 N–H and O–H groups in total. The third-order valence-corrected chi connectivity index (χ3v) is 3.10. The molecule has 0 aromatic carbocycles. The van der Waals surface area contributed by atoms with Crippen molar-refractivity contribution in [2.75, 3.05) is 12.4 Å². The Kier molecular flexibility index (Phi) is 3.91. The van der Waals surface area contributed by atoms with Gasteiger partial charge in [0.15, 0.2) is 5.13 Å². The maximum Gasteiger partial charge on any atom is 0.311 e. The van der Waals surface area contributed by atoms with Crippen LogP contribution in [0.3, 0.4) is 0 Å². The van der Waals surface area contributed by atoms with Gasteiger partial charge in [-0.1, -0.05) is 0 Å². The highest BCUT2D eigenvalue weighted by Gasteiger charge is 2.12. The first-order valence-corrected chi connectivity index (χ1v) is 6.27. The number of hydrogen-bond donors (Lipinski definition) is 1. The lowest BCUT2D eigenvalue weighted by Gasteiger charge is -1.98. The second-order valence-electron chi connectivity index (χ2n) is 3.75. The summed E-state index contributed by atoms with van der Waals surface area (Å²) < 4.78 is 6.09. The normalized spacial score (nSPS) is 10.2. The van der Waals surface area contributed by atoms with Crippen LogP contribution in [0.25, 0.3) is 0 Å². The van der Waals surface area contributed by atoms with Crippen LogP contribution in [0.2, 0.25) is 0 Å². The minimum Gasteiger partial charge on any atom is -0.469 e. The SMILES string of the molecule is COC(=O)Cc1csc(NC(=O)c2cnn(C)c2)n1. The van der Waals surface area contributed by atoms with Gasteiger partial charge in [0, 0.05) is 18.6 Å². The Morgan fingerprint density at radius 3 is 2.95 bits per heavy atom. The van der Waals surface area contributed by atoms with Crippen LogP contribution in [0.15, 0.2) is 17.8 Å². The topological polar surface area (TPSA) is 86.1 Å². The minimum atomic E-state index is -0.365. The van der Waals surface area contributed by atoms with Gasteiger partial charge in [-0.25, -0.2) is 4.98 Å². The molecule has 2 rings (SSSR count). The van der Waals surface area contributed by atoms with Gasteiger partial charge in [-0.2, -0.15) is 5.10 Å². The minimum absolute atomic E-state index is 0.0930. The van der Waals surface area contributed by atoms with Gasteiger partial charge < -0.3 is 4.74 Å². The highest BCUT2D eigenvalue weighted by molar-refractivity contribution is 7.14. The van der Waals surface area contributed by atoms with E-state index in [1.807, 2.05) is 0 Å². The molecule has 0 aliphatic heterocycles. The van der Waals surface area contributed by atoms with E-state index in [1.54, 1.807) is 23.3 Å². The van der Waals surface area contributed by atoms with E-state index in [4.69, 9.17) is 0 Å². The first-order valence-electron chi connectivity index (χ1n) is 5.39. The summed E-state index contributed by atoms with van der Waals surface area (Å²) in [5, 5.41) is 8.70. The third-order valence-electron chi connectivity index (χ3n) is 2.29. The fourth-order valence-corrected chi connectivity index (χ4v) is 2.08. The molecule has 100 valence electrons. The summed E-state index contributed by atoms with van der Waals surface area (Å²) in [6.45, 7) is 0. The van der Waals surface area contributed by atoms with Gasteiger partial charge in [0.2, 0.25) is 0 Å². The molecule has 0 saturated heterocycles. The standard InChI is InChI=1S/C11H12N4O3S/c1-15-5-7(4-12-15)10(17)14-11-13-8(6-19-11)3-9(16)18-2/h4-6H,3H2,1-2H3,(H,13,14,17). The van der Waals surface area contributed by atoms with Crippen LogP contribution in [0.1, 0.15) is 16.1 Å². The van der Waals surface area contributed by atoms with Crippen molar-refractivity contribution in [1.82, 2.24) is 14.8 Å².